The summed E-state index contributed by atoms with van der Waals surface area (Å²) in [6.45, 7) is 0.196. The van der Waals surface area contributed by atoms with Crippen molar-refractivity contribution in [1.82, 2.24) is 9.97 Å². The SMILES string of the molecule is COc1cccc(-c2nc3ccccc3c(=O)[nH]2)c1OCc1ccc(Cl)cc1Cl. The van der Waals surface area contributed by atoms with E-state index in [4.69, 9.17) is 32.7 Å². The molecule has 0 fully saturated rings. The van der Waals surface area contributed by atoms with Crippen LogP contribution in [0.3, 0.4) is 0 Å². The Morgan fingerprint density at radius 1 is 1.03 bits per heavy atom. The fourth-order valence-electron chi connectivity index (χ4n) is 3.01. The van der Waals surface area contributed by atoms with E-state index in [-0.39, 0.29) is 12.2 Å². The van der Waals surface area contributed by atoms with Gasteiger partial charge >= 0.3 is 0 Å². The van der Waals surface area contributed by atoms with E-state index >= 15 is 0 Å². The highest BCUT2D eigenvalue weighted by Crippen LogP contribution is 2.37. The molecule has 0 saturated heterocycles. The number of H-pyrrole nitrogens is 1. The van der Waals surface area contributed by atoms with Crippen LogP contribution in [0, 0.1) is 0 Å². The Balaban J connectivity index is 1.78. The first-order chi connectivity index (χ1) is 14.1. The molecule has 0 atom stereocenters. The summed E-state index contributed by atoms with van der Waals surface area (Å²) >= 11 is 12.2. The number of fused-ring (bicyclic) bond motifs is 1. The maximum absolute atomic E-state index is 12.5. The van der Waals surface area contributed by atoms with Crippen LogP contribution >= 0.6 is 23.2 Å². The topological polar surface area (TPSA) is 64.2 Å². The molecule has 4 rings (SSSR count). The lowest BCUT2D eigenvalue weighted by Crippen LogP contribution is -2.10. The van der Waals surface area contributed by atoms with E-state index in [1.807, 2.05) is 18.2 Å². The number of hydrogen-bond acceptors (Lipinski definition) is 4. The number of nitrogens with one attached hydrogen (secondary N) is 1. The lowest BCUT2D eigenvalue weighted by molar-refractivity contribution is 0.285. The van der Waals surface area contributed by atoms with Gasteiger partial charge in [0.1, 0.15) is 12.4 Å². The summed E-state index contributed by atoms with van der Waals surface area (Å²) in [7, 11) is 1.55. The summed E-state index contributed by atoms with van der Waals surface area (Å²) < 4.78 is 11.5. The van der Waals surface area contributed by atoms with Crippen molar-refractivity contribution >= 4 is 34.1 Å². The minimum absolute atomic E-state index is 0.196. The second kappa shape index (κ2) is 8.15. The first-order valence-electron chi connectivity index (χ1n) is 8.80. The number of para-hydroxylation sites is 2. The first-order valence-corrected chi connectivity index (χ1v) is 9.55. The van der Waals surface area contributed by atoms with Crippen molar-refractivity contribution in [3.05, 3.63) is 86.6 Å². The third-order valence-corrected chi connectivity index (χ3v) is 5.04. The number of aromatic nitrogens is 2. The third-order valence-electron chi connectivity index (χ3n) is 4.45. The summed E-state index contributed by atoms with van der Waals surface area (Å²) in [6, 6.07) is 17.8. The highest BCUT2D eigenvalue weighted by molar-refractivity contribution is 6.35. The van der Waals surface area contributed by atoms with Crippen LogP contribution in [0.5, 0.6) is 11.5 Å². The van der Waals surface area contributed by atoms with Gasteiger partial charge in [-0.25, -0.2) is 4.98 Å². The Labute approximate surface area is 176 Å². The van der Waals surface area contributed by atoms with Crippen LogP contribution in [-0.4, -0.2) is 17.1 Å². The molecule has 29 heavy (non-hydrogen) atoms. The van der Waals surface area contributed by atoms with E-state index in [2.05, 4.69) is 9.97 Å². The monoisotopic (exact) mass is 426 g/mol. The number of rotatable bonds is 5. The maximum atomic E-state index is 12.5. The first kappa shape index (κ1) is 19.3. The van der Waals surface area contributed by atoms with Gasteiger partial charge in [-0.2, -0.15) is 0 Å². The lowest BCUT2D eigenvalue weighted by atomic mass is 10.1. The molecular weight excluding hydrogens is 411 g/mol. The van der Waals surface area contributed by atoms with Crippen molar-refractivity contribution in [2.75, 3.05) is 7.11 Å². The minimum Gasteiger partial charge on any atom is -0.493 e. The summed E-state index contributed by atoms with van der Waals surface area (Å²) in [6.07, 6.45) is 0. The lowest BCUT2D eigenvalue weighted by Gasteiger charge is -2.15. The van der Waals surface area contributed by atoms with Gasteiger partial charge in [-0.3, -0.25) is 4.79 Å². The molecule has 1 aromatic heterocycles. The summed E-state index contributed by atoms with van der Waals surface area (Å²) in [4.78, 5) is 19.9. The number of benzene rings is 3. The van der Waals surface area contributed by atoms with E-state index in [9.17, 15) is 4.79 Å². The largest absolute Gasteiger partial charge is 0.493 e. The molecule has 7 heteroatoms. The summed E-state index contributed by atoms with van der Waals surface area (Å²) in [5, 5.41) is 1.58. The number of halogens is 2. The van der Waals surface area contributed by atoms with Gasteiger partial charge in [0.25, 0.3) is 5.56 Å². The van der Waals surface area contributed by atoms with Crippen molar-refractivity contribution in [2.45, 2.75) is 6.61 Å². The zero-order valence-electron chi connectivity index (χ0n) is 15.4. The number of aromatic amines is 1. The number of ether oxygens (including phenoxy) is 2. The van der Waals surface area contributed by atoms with Crippen LogP contribution in [-0.2, 0) is 6.61 Å². The average molecular weight is 427 g/mol. The molecule has 1 N–H and O–H groups in total. The van der Waals surface area contributed by atoms with E-state index in [1.54, 1.807) is 49.6 Å². The van der Waals surface area contributed by atoms with Crippen LogP contribution < -0.4 is 15.0 Å². The molecule has 0 saturated carbocycles. The molecule has 0 bridgehead atoms. The quantitative estimate of drug-likeness (QED) is 0.458. The van der Waals surface area contributed by atoms with Crippen LogP contribution in [0.15, 0.2) is 65.5 Å². The predicted molar refractivity (Wildman–Crippen MR) is 115 cm³/mol. The molecule has 1 heterocycles. The van der Waals surface area contributed by atoms with E-state index in [1.165, 1.54) is 0 Å². The van der Waals surface area contributed by atoms with Crippen molar-refractivity contribution in [3.8, 4) is 22.9 Å². The smallest absolute Gasteiger partial charge is 0.259 e. The zero-order valence-corrected chi connectivity index (χ0v) is 16.9. The molecule has 0 radical (unpaired) electrons. The van der Waals surface area contributed by atoms with Crippen LogP contribution in [0.25, 0.3) is 22.3 Å². The Morgan fingerprint density at radius 2 is 1.86 bits per heavy atom. The Morgan fingerprint density at radius 3 is 2.66 bits per heavy atom. The summed E-state index contributed by atoms with van der Waals surface area (Å²) in [5.74, 6) is 1.37. The van der Waals surface area contributed by atoms with Gasteiger partial charge < -0.3 is 14.5 Å². The molecule has 0 aliphatic heterocycles. The number of hydrogen-bond donors (Lipinski definition) is 1. The molecule has 0 aliphatic rings. The van der Waals surface area contributed by atoms with Crippen molar-refractivity contribution < 1.29 is 9.47 Å². The predicted octanol–water partition coefficient (Wildman–Crippen LogP) is 5.48. The van der Waals surface area contributed by atoms with Gasteiger partial charge in [-0.15, -0.1) is 0 Å². The molecule has 5 nitrogen and oxygen atoms in total. The van der Waals surface area contributed by atoms with Gasteiger partial charge in [0.15, 0.2) is 11.5 Å². The Hall–Kier alpha value is -3.02. The van der Waals surface area contributed by atoms with Gasteiger partial charge in [-0.1, -0.05) is 47.5 Å². The fraction of sp³-hybridized carbons (Fsp3) is 0.0909. The van der Waals surface area contributed by atoms with Crippen molar-refractivity contribution in [2.24, 2.45) is 0 Å². The third kappa shape index (κ3) is 3.92. The Bertz CT molecular complexity index is 1250. The van der Waals surface area contributed by atoms with Crippen LogP contribution in [0.4, 0.5) is 0 Å². The standard InChI is InChI=1S/C22H16Cl2N2O3/c1-28-19-8-4-6-16(20(19)29-12-13-9-10-14(23)11-17(13)24)21-25-18-7-3-2-5-15(18)22(27)26-21/h2-11H,12H2,1H3,(H,25,26,27). The minimum atomic E-state index is -0.222. The number of nitrogens with zero attached hydrogens (tertiary/aromatic N) is 1. The molecule has 0 aliphatic carbocycles. The molecule has 0 amide bonds. The van der Waals surface area contributed by atoms with Crippen LogP contribution in [0.1, 0.15) is 5.56 Å². The number of methoxy groups -OCH3 is 1. The molecule has 3 aromatic carbocycles. The normalized spacial score (nSPS) is 10.9. The molecular formula is C22H16Cl2N2O3. The molecule has 4 aromatic rings. The van der Waals surface area contributed by atoms with Crippen molar-refractivity contribution in [3.63, 3.8) is 0 Å². The van der Waals surface area contributed by atoms with Gasteiger partial charge in [0.2, 0.25) is 0 Å². The zero-order chi connectivity index (χ0) is 20.4. The van der Waals surface area contributed by atoms with Gasteiger partial charge in [0.05, 0.1) is 23.6 Å². The second-order valence-electron chi connectivity index (χ2n) is 6.29. The molecule has 146 valence electrons. The molecule has 0 spiro atoms. The average Bonchev–Trinajstić information content (AvgIpc) is 2.73. The fourth-order valence-corrected chi connectivity index (χ4v) is 3.48. The Kier molecular flexibility index (Phi) is 5.43. The van der Waals surface area contributed by atoms with Gasteiger partial charge in [-0.05, 0) is 36.4 Å². The maximum Gasteiger partial charge on any atom is 0.259 e. The second-order valence-corrected chi connectivity index (χ2v) is 7.14. The highest BCUT2D eigenvalue weighted by atomic mass is 35.5. The van der Waals surface area contributed by atoms with E-state index < -0.39 is 0 Å². The highest BCUT2D eigenvalue weighted by Gasteiger charge is 2.16. The van der Waals surface area contributed by atoms with Gasteiger partial charge in [0, 0.05) is 15.6 Å². The van der Waals surface area contributed by atoms with E-state index in [0.717, 1.165) is 5.56 Å². The molecule has 0 unspecified atom stereocenters. The van der Waals surface area contributed by atoms with E-state index in [0.29, 0.717) is 43.8 Å². The van der Waals surface area contributed by atoms with Crippen molar-refractivity contribution in [1.29, 1.82) is 0 Å². The summed E-state index contributed by atoms with van der Waals surface area (Å²) in [5.41, 5.74) is 1.76. The van der Waals surface area contributed by atoms with Crippen LogP contribution in [0.2, 0.25) is 10.0 Å².